The minimum Gasteiger partial charge on any atom is -0.454 e. The van der Waals surface area contributed by atoms with Gasteiger partial charge in [0, 0.05) is 25.2 Å². The van der Waals surface area contributed by atoms with E-state index in [2.05, 4.69) is 6.07 Å². The SMILES string of the molecule is N#CCCN(C(=O)CCN1C(=O)C(=Cc2ccc3c(c2)OCO3)SC1=S)c1ccccc1. The number of thiocarbonyl (C=S) groups is 1. The lowest BCUT2D eigenvalue weighted by Gasteiger charge is -2.23. The third-order valence-electron chi connectivity index (χ3n) is 4.93. The molecule has 2 aromatic rings. The molecule has 32 heavy (non-hydrogen) atoms. The Hall–Kier alpha value is -3.35. The van der Waals surface area contributed by atoms with E-state index in [0.29, 0.717) is 27.3 Å². The van der Waals surface area contributed by atoms with Crippen LogP contribution in [-0.4, -0.2) is 40.9 Å². The van der Waals surface area contributed by atoms with Gasteiger partial charge in [-0.1, -0.05) is 48.2 Å². The summed E-state index contributed by atoms with van der Waals surface area (Å²) in [5, 5.41) is 8.94. The molecular formula is C23H19N3O4S2. The van der Waals surface area contributed by atoms with Crippen LogP contribution in [0.25, 0.3) is 6.08 Å². The number of carbonyl (C=O) groups excluding carboxylic acids is 2. The molecule has 162 valence electrons. The van der Waals surface area contributed by atoms with Crippen LogP contribution in [0.5, 0.6) is 11.5 Å². The van der Waals surface area contributed by atoms with Crippen molar-refractivity contribution >= 4 is 51.9 Å². The summed E-state index contributed by atoms with van der Waals surface area (Å²) in [4.78, 5) is 29.3. The molecule has 9 heteroatoms. The fourth-order valence-electron chi connectivity index (χ4n) is 3.36. The van der Waals surface area contributed by atoms with Crippen molar-refractivity contribution in [2.24, 2.45) is 0 Å². The molecule has 0 spiro atoms. The number of benzene rings is 2. The summed E-state index contributed by atoms with van der Waals surface area (Å²) in [6.07, 6.45) is 2.08. The molecule has 2 aliphatic rings. The summed E-state index contributed by atoms with van der Waals surface area (Å²) in [6, 6.07) is 16.7. The van der Waals surface area contributed by atoms with Gasteiger partial charge in [0.15, 0.2) is 11.5 Å². The van der Waals surface area contributed by atoms with Crippen LogP contribution in [0.2, 0.25) is 0 Å². The molecule has 2 aliphatic heterocycles. The van der Waals surface area contributed by atoms with E-state index in [9.17, 15) is 9.59 Å². The van der Waals surface area contributed by atoms with Gasteiger partial charge in [-0.25, -0.2) is 0 Å². The van der Waals surface area contributed by atoms with Crippen molar-refractivity contribution < 1.29 is 19.1 Å². The molecule has 0 radical (unpaired) electrons. The number of rotatable bonds is 7. The summed E-state index contributed by atoms with van der Waals surface area (Å²) in [5.41, 5.74) is 1.53. The Labute approximate surface area is 195 Å². The molecule has 2 heterocycles. The number of thioether (sulfide) groups is 1. The van der Waals surface area contributed by atoms with Gasteiger partial charge in [-0.2, -0.15) is 5.26 Å². The van der Waals surface area contributed by atoms with Crippen LogP contribution in [0.1, 0.15) is 18.4 Å². The van der Waals surface area contributed by atoms with Gasteiger partial charge in [0.05, 0.1) is 17.4 Å². The van der Waals surface area contributed by atoms with E-state index in [1.807, 2.05) is 42.5 Å². The Morgan fingerprint density at radius 2 is 2.00 bits per heavy atom. The largest absolute Gasteiger partial charge is 0.454 e. The zero-order valence-electron chi connectivity index (χ0n) is 17.0. The number of hydrogen-bond acceptors (Lipinski definition) is 7. The number of nitrogens with zero attached hydrogens (tertiary/aromatic N) is 3. The topological polar surface area (TPSA) is 82.9 Å². The summed E-state index contributed by atoms with van der Waals surface area (Å²) in [5.74, 6) is 0.916. The van der Waals surface area contributed by atoms with Crippen molar-refractivity contribution in [3.8, 4) is 17.6 Å². The Kier molecular flexibility index (Phi) is 6.73. The molecule has 1 fully saturated rings. The maximum Gasteiger partial charge on any atom is 0.266 e. The quantitative estimate of drug-likeness (QED) is 0.452. The number of nitriles is 1. The second kappa shape index (κ2) is 9.85. The highest BCUT2D eigenvalue weighted by Gasteiger charge is 2.32. The smallest absolute Gasteiger partial charge is 0.266 e. The van der Waals surface area contributed by atoms with E-state index in [1.54, 1.807) is 17.0 Å². The van der Waals surface area contributed by atoms with Gasteiger partial charge in [0.25, 0.3) is 5.91 Å². The van der Waals surface area contributed by atoms with Gasteiger partial charge in [-0.3, -0.25) is 14.5 Å². The van der Waals surface area contributed by atoms with Gasteiger partial charge in [-0.05, 0) is 35.9 Å². The van der Waals surface area contributed by atoms with E-state index >= 15 is 0 Å². The van der Waals surface area contributed by atoms with Crippen molar-refractivity contribution in [1.82, 2.24) is 4.90 Å². The fraction of sp³-hybridized carbons (Fsp3) is 0.217. The van der Waals surface area contributed by atoms with Crippen molar-refractivity contribution in [2.45, 2.75) is 12.8 Å². The minimum absolute atomic E-state index is 0.101. The molecule has 2 amide bonds. The summed E-state index contributed by atoms with van der Waals surface area (Å²) < 4.78 is 11.1. The van der Waals surface area contributed by atoms with E-state index < -0.39 is 0 Å². The second-order valence-corrected chi connectivity index (χ2v) is 8.66. The predicted octanol–water partition coefficient (Wildman–Crippen LogP) is 3.95. The van der Waals surface area contributed by atoms with Crippen molar-refractivity contribution in [2.75, 3.05) is 24.8 Å². The molecule has 7 nitrogen and oxygen atoms in total. The van der Waals surface area contributed by atoms with Gasteiger partial charge >= 0.3 is 0 Å². The standard InChI is InChI=1S/C23H19N3O4S2/c24-10-4-11-25(17-5-2-1-3-6-17)21(27)9-12-26-22(28)20(32-23(26)31)14-16-7-8-18-19(13-16)30-15-29-18/h1-3,5-8,13-14H,4,9,11-12,15H2. The normalized spacial score (nSPS) is 15.8. The fourth-order valence-corrected chi connectivity index (χ4v) is 4.67. The first-order valence-electron chi connectivity index (χ1n) is 9.94. The highest BCUT2D eigenvalue weighted by Crippen LogP contribution is 2.36. The second-order valence-electron chi connectivity index (χ2n) is 6.99. The van der Waals surface area contributed by atoms with Gasteiger partial charge < -0.3 is 14.4 Å². The Morgan fingerprint density at radius 3 is 2.78 bits per heavy atom. The van der Waals surface area contributed by atoms with Crippen LogP contribution in [0, 0.1) is 11.3 Å². The van der Waals surface area contributed by atoms with Crippen LogP contribution in [-0.2, 0) is 9.59 Å². The van der Waals surface area contributed by atoms with E-state index in [1.165, 1.54) is 16.7 Å². The highest BCUT2D eigenvalue weighted by molar-refractivity contribution is 8.26. The third-order valence-corrected chi connectivity index (χ3v) is 6.31. The number of carbonyl (C=O) groups is 2. The van der Waals surface area contributed by atoms with Gasteiger partial charge in [-0.15, -0.1) is 0 Å². The molecule has 0 atom stereocenters. The molecule has 1 saturated heterocycles. The number of amides is 2. The number of hydrogen-bond donors (Lipinski definition) is 0. The average molecular weight is 466 g/mol. The van der Waals surface area contributed by atoms with Gasteiger partial charge in [0.1, 0.15) is 4.32 Å². The summed E-state index contributed by atoms with van der Waals surface area (Å²) >= 11 is 6.60. The zero-order valence-corrected chi connectivity index (χ0v) is 18.7. The number of fused-ring (bicyclic) bond motifs is 1. The maximum atomic E-state index is 12.9. The first-order valence-corrected chi connectivity index (χ1v) is 11.2. The summed E-state index contributed by atoms with van der Waals surface area (Å²) in [7, 11) is 0. The lowest BCUT2D eigenvalue weighted by molar-refractivity contribution is -0.123. The van der Waals surface area contributed by atoms with E-state index in [0.717, 1.165) is 11.3 Å². The molecule has 0 N–H and O–H groups in total. The average Bonchev–Trinajstić information content (AvgIpc) is 3.37. The lowest BCUT2D eigenvalue weighted by atomic mass is 10.2. The molecule has 4 rings (SSSR count). The Bertz CT molecular complexity index is 1130. The summed E-state index contributed by atoms with van der Waals surface area (Å²) in [6.45, 7) is 0.656. The van der Waals surface area contributed by atoms with E-state index in [-0.39, 0.29) is 38.0 Å². The first-order chi connectivity index (χ1) is 15.6. The van der Waals surface area contributed by atoms with Crippen LogP contribution in [0.3, 0.4) is 0 Å². The number of para-hydroxylation sites is 1. The molecule has 2 aromatic carbocycles. The minimum atomic E-state index is -0.228. The lowest BCUT2D eigenvalue weighted by Crippen LogP contribution is -2.36. The number of ether oxygens (including phenoxy) is 2. The monoisotopic (exact) mass is 465 g/mol. The molecule has 0 bridgehead atoms. The first kappa shape index (κ1) is 21.9. The van der Waals surface area contributed by atoms with Crippen LogP contribution in [0.4, 0.5) is 5.69 Å². The zero-order chi connectivity index (χ0) is 22.5. The van der Waals surface area contributed by atoms with Crippen LogP contribution >= 0.6 is 24.0 Å². The molecule has 0 aromatic heterocycles. The number of anilines is 1. The van der Waals surface area contributed by atoms with E-state index in [4.69, 9.17) is 27.0 Å². The maximum absolute atomic E-state index is 12.9. The molecular weight excluding hydrogens is 446 g/mol. The molecule has 0 unspecified atom stereocenters. The van der Waals surface area contributed by atoms with Crippen LogP contribution in [0.15, 0.2) is 53.4 Å². The predicted molar refractivity (Wildman–Crippen MR) is 126 cm³/mol. The van der Waals surface area contributed by atoms with Crippen molar-refractivity contribution in [3.63, 3.8) is 0 Å². The third kappa shape index (κ3) is 4.77. The highest BCUT2D eigenvalue weighted by atomic mass is 32.2. The van der Waals surface area contributed by atoms with Crippen LogP contribution < -0.4 is 14.4 Å². The molecule has 0 saturated carbocycles. The Balaban J connectivity index is 1.43. The molecule has 0 aliphatic carbocycles. The Morgan fingerprint density at radius 1 is 1.22 bits per heavy atom. The van der Waals surface area contributed by atoms with Crippen molar-refractivity contribution in [3.05, 3.63) is 59.0 Å². The van der Waals surface area contributed by atoms with Crippen molar-refractivity contribution in [1.29, 1.82) is 5.26 Å². The van der Waals surface area contributed by atoms with Gasteiger partial charge in [0.2, 0.25) is 12.7 Å².